The van der Waals surface area contributed by atoms with Gasteiger partial charge in [-0.3, -0.25) is 4.79 Å². The first-order valence-electron chi connectivity index (χ1n) is 8.84. The van der Waals surface area contributed by atoms with Gasteiger partial charge in [0.15, 0.2) is 0 Å². The van der Waals surface area contributed by atoms with E-state index in [0.29, 0.717) is 22.3 Å². The van der Waals surface area contributed by atoms with E-state index in [1.165, 1.54) is 12.4 Å². The molecule has 0 aliphatic carbocycles. The van der Waals surface area contributed by atoms with E-state index < -0.39 is 0 Å². The SMILES string of the molecule is CCc1cccc(C)c1NC(=O)c1cnc(Nc2cc(Cl)ccc2OC)cn1. The number of methoxy groups -OCH3 is 1. The van der Waals surface area contributed by atoms with Gasteiger partial charge in [-0.1, -0.05) is 36.7 Å². The number of para-hydroxylation sites is 1. The molecule has 7 heteroatoms. The maximum absolute atomic E-state index is 12.6. The molecule has 2 N–H and O–H groups in total. The molecule has 3 rings (SSSR count). The van der Waals surface area contributed by atoms with Crippen LogP contribution in [0.2, 0.25) is 5.02 Å². The highest BCUT2D eigenvalue weighted by molar-refractivity contribution is 6.31. The molecule has 0 spiro atoms. The summed E-state index contributed by atoms with van der Waals surface area (Å²) >= 11 is 6.04. The number of aryl methyl sites for hydroxylation is 2. The summed E-state index contributed by atoms with van der Waals surface area (Å²) in [6, 6.07) is 11.2. The van der Waals surface area contributed by atoms with Gasteiger partial charge >= 0.3 is 0 Å². The predicted molar refractivity (Wildman–Crippen MR) is 112 cm³/mol. The van der Waals surface area contributed by atoms with Crippen molar-refractivity contribution in [2.45, 2.75) is 20.3 Å². The fourth-order valence-corrected chi connectivity index (χ4v) is 2.98. The van der Waals surface area contributed by atoms with Crippen LogP contribution in [0.15, 0.2) is 48.8 Å². The van der Waals surface area contributed by atoms with E-state index >= 15 is 0 Å². The molecule has 0 bridgehead atoms. The molecule has 0 saturated carbocycles. The van der Waals surface area contributed by atoms with Crippen LogP contribution in [0.4, 0.5) is 17.2 Å². The zero-order chi connectivity index (χ0) is 20.1. The van der Waals surface area contributed by atoms with Crippen molar-refractivity contribution in [3.05, 3.63) is 70.6 Å². The number of hydrogen-bond acceptors (Lipinski definition) is 5. The summed E-state index contributed by atoms with van der Waals surface area (Å²) in [4.78, 5) is 21.1. The van der Waals surface area contributed by atoms with Crippen molar-refractivity contribution in [1.82, 2.24) is 9.97 Å². The summed E-state index contributed by atoms with van der Waals surface area (Å²) in [7, 11) is 1.57. The van der Waals surface area contributed by atoms with Crippen LogP contribution < -0.4 is 15.4 Å². The number of ether oxygens (including phenoxy) is 1. The number of aromatic nitrogens is 2. The van der Waals surface area contributed by atoms with E-state index in [0.717, 1.165) is 23.2 Å². The number of carbonyl (C=O) groups is 1. The zero-order valence-electron chi connectivity index (χ0n) is 15.9. The van der Waals surface area contributed by atoms with E-state index in [4.69, 9.17) is 16.3 Å². The fourth-order valence-electron chi connectivity index (χ4n) is 2.81. The first-order chi connectivity index (χ1) is 13.5. The average molecular weight is 397 g/mol. The second kappa shape index (κ2) is 8.71. The van der Waals surface area contributed by atoms with Crippen LogP contribution in [0.5, 0.6) is 5.75 Å². The molecule has 3 aromatic rings. The molecule has 0 atom stereocenters. The summed E-state index contributed by atoms with van der Waals surface area (Å²) in [5.41, 5.74) is 3.80. The number of benzene rings is 2. The molecule has 28 heavy (non-hydrogen) atoms. The van der Waals surface area contributed by atoms with E-state index in [1.54, 1.807) is 25.3 Å². The zero-order valence-corrected chi connectivity index (χ0v) is 16.7. The van der Waals surface area contributed by atoms with Crippen molar-refractivity contribution >= 4 is 34.7 Å². The van der Waals surface area contributed by atoms with Gasteiger partial charge in [0.2, 0.25) is 0 Å². The number of carbonyl (C=O) groups excluding carboxylic acids is 1. The Bertz CT molecular complexity index is 990. The molecule has 0 fully saturated rings. The van der Waals surface area contributed by atoms with E-state index in [1.807, 2.05) is 25.1 Å². The minimum atomic E-state index is -0.302. The third kappa shape index (κ3) is 4.40. The predicted octanol–water partition coefficient (Wildman–Crippen LogP) is 5.01. The van der Waals surface area contributed by atoms with Crippen LogP contribution in [-0.2, 0) is 6.42 Å². The molecule has 0 unspecified atom stereocenters. The highest BCUT2D eigenvalue weighted by Crippen LogP contribution is 2.29. The Morgan fingerprint density at radius 1 is 1.18 bits per heavy atom. The molecule has 1 aromatic heterocycles. The molecule has 0 saturated heterocycles. The van der Waals surface area contributed by atoms with Gasteiger partial charge in [-0.25, -0.2) is 9.97 Å². The normalized spacial score (nSPS) is 10.4. The Hall–Kier alpha value is -3.12. The van der Waals surface area contributed by atoms with Crippen molar-refractivity contribution < 1.29 is 9.53 Å². The molecular weight excluding hydrogens is 376 g/mol. The van der Waals surface area contributed by atoms with Crippen molar-refractivity contribution in [3.8, 4) is 5.75 Å². The Morgan fingerprint density at radius 3 is 2.68 bits per heavy atom. The van der Waals surface area contributed by atoms with Gasteiger partial charge in [0, 0.05) is 10.7 Å². The van der Waals surface area contributed by atoms with Crippen LogP contribution in [0.3, 0.4) is 0 Å². The van der Waals surface area contributed by atoms with Gasteiger partial charge in [0.05, 0.1) is 25.2 Å². The summed E-state index contributed by atoms with van der Waals surface area (Å²) in [6.45, 7) is 4.01. The largest absolute Gasteiger partial charge is 0.495 e. The van der Waals surface area contributed by atoms with Crippen LogP contribution >= 0.6 is 11.6 Å². The lowest BCUT2D eigenvalue weighted by Crippen LogP contribution is -2.16. The number of anilines is 3. The molecule has 1 amide bonds. The second-order valence-corrected chi connectivity index (χ2v) is 6.61. The topological polar surface area (TPSA) is 76.1 Å². The van der Waals surface area contributed by atoms with Crippen molar-refractivity contribution in [2.75, 3.05) is 17.7 Å². The fraction of sp³-hybridized carbons (Fsp3) is 0.190. The Morgan fingerprint density at radius 2 is 2.00 bits per heavy atom. The van der Waals surface area contributed by atoms with Gasteiger partial charge in [-0.15, -0.1) is 0 Å². The molecule has 2 aromatic carbocycles. The Labute approximate surface area is 168 Å². The molecule has 144 valence electrons. The summed E-state index contributed by atoms with van der Waals surface area (Å²) < 4.78 is 5.30. The summed E-state index contributed by atoms with van der Waals surface area (Å²) in [5.74, 6) is 0.797. The van der Waals surface area contributed by atoms with Crippen LogP contribution in [-0.4, -0.2) is 23.0 Å². The lowest BCUT2D eigenvalue weighted by Gasteiger charge is -2.13. The van der Waals surface area contributed by atoms with Crippen molar-refractivity contribution in [3.63, 3.8) is 0 Å². The minimum absolute atomic E-state index is 0.230. The third-order valence-corrected chi connectivity index (χ3v) is 4.52. The van der Waals surface area contributed by atoms with Crippen LogP contribution in [0.1, 0.15) is 28.5 Å². The van der Waals surface area contributed by atoms with E-state index in [-0.39, 0.29) is 11.6 Å². The number of nitrogens with zero attached hydrogens (tertiary/aromatic N) is 2. The van der Waals surface area contributed by atoms with Gasteiger partial charge in [-0.05, 0) is 42.7 Å². The van der Waals surface area contributed by atoms with Crippen LogP contribution in [0, 0.1) is 6.92 Å². The summed E-state index contributed by atoms with van der Waals surface area (Å²) in [5, 5.41) is 6.60. The van der Waals surface area contributed by atoms with Gasteiger partial charge < -0.3 is 15.4 Å². The molecular formula is C21H21ClN4O2. The maximum atomic E-state index is 12.6. The van der Waals surface area contributed by atoms with Gasteiger partial charge in [-0.2, -0.15) is 0 Å². The molecule has 0 aliphatic heterocycles. The lowest BCUT2D eigenvalue weighted by molar-refractivity contribution is 0.102. The molecule has 0 radical (unpaired) electrons. The van der Waals surface area contributed by atoms with Crippen LogP contribution in [0.25, 0.3) is 0 Å². The summed E-state index contributed by atoms with van der Waals surface area (Å²) in [6.07, 6.45) is 3.75. The lowest BCUT2D eigenvalue weighted by atomic mass is 10.1. The minimum Gasteiger partial charge on any atom is -0.495 e. The highest BCUT2D eigenvalue weighted by Gasteiger charge is 2.13. The molecule has 6 nitrogen and oxygen atoms in total. The number of nitrogens with one attached hydrogen (secondary N) is 2. The number of rotatable bonds is 6. The van der Waals surface area contributed by atoms with E-state index in [2.05, 4.69) is 27.5 Å². The van der Waals surface area contributed by atoms with E-state index in [9.17, 15) is 4.79 Å². The number of halogens is 1. The maximum Gasteiger partial charge on any atom is 0.275 e. The third-order valence-electron chi connectivity index (χ3n) is 4.29. The van der Waals surface area contributed by atoms with Crippen molar-refractivity contribution in [2.24, 2.45) is 0 Å². The molecule has 0 aliphatic rings. The Balaban J connectivity index is 1.76. The number of hydrogen-bond donors (Lipinski definition) is 2. The van der Waals surface area contributed by atoms with Crippen molar-refractivity contribution in [1.29, 1.82) is 0 Å². The monoisotopic (exact) mass is 396 g/mol. The Kier molecular flexibility index (Phi) is 6.11. The standard InChI is InChI=1S/C21H21ClN4O2/c1-4-14-7-5-6-13(2)20(14)26-21(27)17-11-24-19(12-23-17)25-16-10-15(22)8-9-18(16)28-3/h5-12H,4H2,1-3H3,(H,24,25)(H,26,27). The first kappa shape index (κ1) is 19.6. The first-order valence-corrected chi connectivity index (χ1v) is 9.22. The molecule has 1 heterocycles. The second-order valence-electron chi connectivity index (χ2n) is 6.17. The number of amides is 1. The average Bonchev–Trinajstić information content (AvgIpc) is 2.70. The van der Waals surface area contributed by atoms with Gasteiger partial charge in [0.1, 0.15) is 17.3 Å². The highest BCUT2D eigenvalue weighted by atomic mass is 35.5. The van der Waals surface area contributed by atoms with Gasteiger partial charge in [0.25, 0.3) is 5.91 Å². The quantitative estimate of drug-likeness (QED) is 0.612. The smallest absolute Gasteiger partial charge is 0.275 e.